The third kappa shape index (κ3) is 3.78. The number of hydrogen-bond acceptors (Lipinski definition) is 4. The Morgan fingerprint density at radius 2 is 1.95 bits per heavy atom. The van der Waals surface area contributed by atoms with Gasteiger partial charge in [0.2, 0.25) is 0 Å². The van der Waals surface area contributed by atoms with E-state index in [1.807, 2.05) is 24.3 Å². The second-order valence-electron chi connectivity index (χ2n) is 4.27. The molecule has 0 bridgehead atoms. The molecule has 0 aliphatic rings. The van der Waals surface area contributed by atoms with Gasteiger partial charge in [0.1, 0.15) is 0 Å². The van der Waals surface area contributed by atoms with Crippen molar-refractivity contribution in [1.29, 1.82) is 0 Å². The average Bonchev–Trinajstić information content (AvgIpc) is 2.53. The van der Waals surface area contributed by atoms with Crippen LogP contribution in [0.3, 0.4) is 0 Å². The van der Waals surface area contributed by atoms with Crippen molar-refractivity contribution in [2.24, 2.45) is 0 Å². The van der Waals surface area contributed by atoms with Gasteiger partial charge in [-0.3, -0.25) is 0 Å². The van der Waals surface area contributed by atoms with Crippen LogP contribution in [0.2, 0.25) is 0 Å². The van der Waals surface area contributed by atoms with E-state index in [2.05, 4.69) is 28.4 Å². The molecule has 104 valence electrons. The first-order chi connectivity index (χ1) is 9.72. The quantitative estimate of drug-likeness (QED) is 0.670. The highest BCUT2D eigenvalue weighted by molar-refractivity contribution is 7.98. The van der Waals surface area contributed by atoms with Crippen LogP contribution in [0.15, 0.2) is 53.4 Å². The lowest BCUT2D eigenvalue weighted by molar-refractivity contribution is 0.0600. The van der Waals surface area contributed by atoms with Gasteiger partial charge in [0.15, 0.2) is 0 Å². The molecule has 0 radical (unpaired) electrons. The topological polar surface area (TPSA) is 38.3 Å². The molecule has 0 aliphatic heterocycles. The van der Waals surface area contributed by atoms with Crippen LogP contribution in [-0.4, -0.2) is 19.3 Å². The predicted octanol–water partition coefficient (Wildman–Crippen LogP) is 3.81. The number of carbonyl (C=O) groups excluding carboxylic acids is 1. The molecule has 0 aliphatic carbocycles. The van der Waals surface area contributed by atoms with Crippen molar-refractivity contribution >= 4 is 23.4 Å². The maximum absolute atomic E-state index is 11.3. The van der Waals surface area contributed by atoms with Crippen LogP contribution >= 0.6 is 11.8 Å². The minimum absolute atomic E-state index is 0.308. The van der Waals surface area contributed by atoms with E-state index in [1.165, 1.54) is 12.0 Å². The molecule has 0 spiro atoms. The minimum Gasteiger partial charge on any atom is -0.465 e. The van der Waals surface area contributed by atoms with Crippen molar-refractivity contribution in [2.45, 2.75) is 11.4 Å². The molecule has 3 nitrogen and oxygen atoms in total. The second kappa shape index (κ2) is 7.01. The van der Waals surface area contributed by atoms with Crippen molar-refractivity contribution in [3.05, 3.63) is 59.7 Å². The molecule has 2 rings (SSSR count). The Labute approximate surface area is 123 Å². The van der Waals surface area contributed by atoms with E-state index in [4.69, 9.17) is 0 Å². The summed E-state index contributed by atoms with van der Waals surface area (Å²) in [5, 5.41) is 3.37. The third-order valence-corrected chi connectivity index (χ3v) is 3.67. The van der Waals surface area contributed by atoms with Gasteiger partial charge in [-0.2, -0.15) is 0 Å². The molecule has 2 aromatic carbocycles. The Bertz CT molecular complexity index is 581. The molecule has 20 heavy (non-hydrogen) atoms. The van der Waals surface area contributed by atoms with Crippen LogP contribution < -0.4 is 5.32 Å². The lowest BCUT2D eigenvalue weighted by Gasteiger charge is -2.08. The Kier molecular flexibility index (Phi) is 5.07. The average molecular weight is 287 g/mol. The number of hydrogen-bond donors (Lipinski definition) is 1. The highest BCUT2D eigenvalue weighted by Gasteiger charge is 2.04. The molecule has 0 heterocycles. The van der Waals surface area contributed by atoms with Gasteiger partial charge in [0.25, 0.3) is 0 Å². The monoisotopic (exact) mass is 287 g/mol. The van der Waals surface area contributed by atoms with Gasteiger partial charge in [-0.15, -0.1) is 11.8 Å². The molecule has 0 atom stereocenters. The number of esters is 1. The van der Waals surface area contributed by atoms with Gasteiger partial charge < -0.3 is 10.1 Å². The van der Waals surface area contributed by atoms with E-state index in [1.54, 1.807) is 23.9 Å². The molecule has 2 aromatic rings. The Morgan fingerprint density at radius 1 is 1.20 bits per heavy atom. The summed E-state index contributed by atoms with van der Waals surface area (Å²) in [5.41, 5.74) is 2.78. The molecular formula is C16H17NO2S. The number of carbonyl (C=O) groups is 1. The van der Waals surface area contributed by atoms with Crippen molar-refractivity contribution in [3.8, 4) is 0 Å². The van der Waals surface area contributed by atoms with Crippen molar-refractivity contribution in [3.63, 3.8) is 0 Å². The second-order valence-corrected chi connectivity index (χ2v) is 5.15. The zero-order valence-corrected chi connectivity index (χ0v) is 12.4. The first-order valence-corrected chi connectivity index (χ1v) is 7.50. The van der Waals surface area contributed by atoms with E-state index < -0.39 is 0 Å². The van der Waals surface area contributed by atoms with E-state index in [0.717, 1.165) is 17.8 Å². The first kappa shape index (κ1) is 14.5. The SMILES string of the molecule is COC(=O)c1ccc(CNc2cccc(SC)c2)cc1. The van der Waals surface area contributed by atoms with E-state index in [9.17, 15) is 4.79 Å². The van der Waals surface area contributed by atoms with Crippen LogP contribution in [0, 0.1) is 0 Å². The standard InChI is InChI=1S/C16H17NO2S/c1-19-16(18)13-8-6-12(7-9-13)11-17-14-4-3-5-15(10-14)20-2/h3-10,17H,11H2,1-2H3. The number of thioether (sulfide) groups is 1. The maximum Gasteiger partial charge on any atom is 0.337 e. The number of ether oxygens (including phenoxy) is 1. The summed E-state index contributed by atoms with van der Waals surface area (Å²) in [5.74, 6) is -0.308. The molecule has 0 fully saturated rings. The van der Waals surface area contributed by atoms with Crippen molar-refractivity contribution in [2.75, 3.05) is 18.7 Å². The van der Waals surface area contributed by atoms with E-state index in [0.29, 0.717) is 5.56 Å². The molecular weight excluding hydrogens is 270 g/mol. The summed E-state index contributed by atoms with van der Waals surface area (Å²) in [7, 11) is 1.39. The van der Waals surface area contributed by atoms with Gasteiger partial charge in [-0.05, 0) is 42.2 Å². The van der Waals surface area contributed by atoms with Gasteiger partial charge in [-0.25, -0.2) is 4.79 Å². The minimum atomic E-state index is -0.308. The largest absolute Gasteiger partial charge is 0.465 e. The van der Waals surface area contributed by atoms with Gasteiger partial charge >= 0.3 is 5.97 Å². The van der Waals surface area contributed by atoms with Gasteiger partial charge in [0.05, 0.1) is 12.7 Å². The molecule has 0 unspecified atom stereocenters. The summed E-state index contributed by atoms with van der Waals surface area (Å²) in [4.78, 5) is 12.6. The fourth-order valence-corrected chi connectivity index (χ4v) is 2.27. The number of benzene rings is 2. The first-order valence-electron chi connectivity index (χ1n) is 6.28. The smallest absolute Gasteiger partial charge is 0.337 e. The summed E-state index contributed by atoms with van der Waals surface area (Å²) in [6.07, 6.45) is 2.06. The molecule has 1 N–H and O–H groups in total. The van der Waals surface area contributed by atoms with E-state index >= 15 is 0 Å². The number of anilines is 1. The summed E-state index contributed by atoms with van der Waals surface area (Å²) in [6, 6.07) is 15.7. The highest BCUT2D eigenvalue weighted by Crippen LogP contribution is 2.19. The lowest BCUT2D eigenvalue weighted by atomic mass is 10.1. The van der Waals surface area contributed by atoms with Gasteiger partial charge in [0, 0.05) is 17.1 Å². The van der Waals surface area contributed by atoms with Crippen LogP contribution in [0.25, 0.3) is 0 Å². The highest BCUT2D eigenvalue weighted by atomic mass is 32.2. The summed E-state index contributed by atoms with van der Waals surface area (Å²) in [6.45, 7) is 0.722. The summed E-state index contributed by atoms with van der Waals surface area (Å²) < 4.78 is 4.67. The van der Waals surface area contributed by atoms with Crippen molar-refractivity contribution < 1.29 is 9.53 Å². The van der Waals surface area contributed by atoms with E-state index in [-0.39, 0.29) is 5.97 Å². The lowest BCUT2D eigenvalue weighted by Crippen LogP contribution is -2.03. The van der Waals surface area contributed by atoms with Crippen LogP contribution in [0.5, 0.6) is 0 Å². The van der Waals surface area contributed by atoms with Crippen LogP contribution in [0.4, 0.5) is 5.69 Å². The maximum atomic E-state index is 11.3. The third-order valence-electron chi connectivity index (χ3n) is 2.94. The van der Waals surface area contributed by atoms with Crippen LogP contribution in [-0.2, 0) is 11.3 Å². The normalized spacial score (nSPS) is 10.1. The zero-order chi connectivity index (χ0) is 14.4. The Balaban J connectivity index is 1.98. The Morgan fingerprint density at radius 3 is 2.60 bits per heavy atom. The fourth-order valence-electron chi connectivity index (χ4n) is 1.81. The fraction of sp³-hybridized carbons (Fsp3) is 0.188. The van der Waals surface area contributed by atoms with Gasteiger partial charge in [-0.1, -0.05) is 18.2 Å². The van der Waals surface area contributed by atoms with Crippen molar-refractivity contribution in [1.82, 2.24) is 0 Å². The number of methoxy groups -OCH3 is 1. The summed E-state index contributed by atoms with van der Waals surface area (Å²) >= 11 is 1.72. The molecule has 0 aromatic heterocycles. The number of nitrogens with one attached hydrogen (secondary N) is 1. The molecule has 0 saturated carbocycles. The molecule has 0 saturated heterocycles. The Hall–Kier alpha value is -1.94. The van der Waals surface area contributed by atoms with Crippen LogP contribution in [0.1, 0.15) is 15.9 Å². The predicted molar refractivity (Wildman–Crippen MR) is 83.3 cm³/mol. The molecule has 0 amide bonds. The molecule has 4 heteroatoms. The zero-order valence-electron chi connectivity index (χ0n) is 11.6. The number of rotatable bonds is 5.